The van der Waals surface area contributed by atoms with Crippen LogP contribution in [0.1, 0.15) is 102 Å². The molecule has 2 saturated heterocycles. The van der Waals surface area contributed by atoms with E-state index < -0.39 is 0 Å². The van der Waals surface area contributed by atoms with Crippen LogP contribution in [0.4, 0.5) is 5.82 Å². The molecule has 10 heteroatoms. The van der Waals surface area contributed by atoms with Gasteiger partial charge in [-0.2, -0.15) is 5.26 Å². The van der Waals surface area contributed by atoms with Crippen molar-refractivity contribution >= 4 is 52.1 Å². The molecule has 0 spiro atoms. The molecule has 0 atom stereocenters. The lowest BCUT2D eigenvalue weighted by molar-refractivity contribution is -0.148. The predicted octanol–water partition coefficient (Wildman–Crippen LogP) is 6.17. The maximum atomic E-state index is 13.5. The van der Waals surface area contributed by atoms with Gasteiger partial charge in [-0.3, -0.25) is 23.9 Å². The molecule has 3 heterocycles. The Bertz CT molecular complexity index is 1240. The van der Waals surface area contributed by atoms with E-state index in [0.29, 0.717) is 71.8 Å². The molecule has 8 nitrogen and oxygen atoms in total. The van der Waals surface area contributed by atoms with Crippen molar-refractivity contribution in [2.45, 2.75) is 98.4 Å². The number of hydrogen-bond acceptors (Lipinski definition) is 8. The minimum Gasteiger partial charge on any atom is -0.466 e. The summed E-state index contributed by atoms with van der Waals surface area (Å²) in [5, 5.41) is 9.94. The number of unbranched alkanes of at least 4 members (excludes halogenated alkanes) is 6. The van der Waals surface area contributed by atoms with E-state index in [1.807, 2.05) is 13.0 Å². The molecule has 2 aliphatic heterocycles. The van der Waals surface area contributed by atoms with Crippen molar-refractivity contribution in [3.05, 3.63) is 31.9 Å². The second-order valence-electron chi connectivity index (χ2n) is 10.8. The standard InChI is InChI=1S/C31H44N4O4S2/c1-5-8-10-11-12-13-17-35-29(37)26(41-31(35)40)20-24-22(4)25(21-32)28(36)34(16-9-6-2)27(24)33-18-14-23(15-19-33)30(38)39-7-3/h20,23H,5-19H2,1-4H3/b26-20-. The van der Waals surface area contributed by atoms with Crippen LogP contribution in [-0.4, -0.2) is 51.9 Å². The summed E-state index contributed by atoms with van der Waals surface area (Å²) in [4.78, 5) is 43.7. The number of thiocarbonyl (C=S) groups is 1. The molecule has 2 fully saturated rings. The Hall–Kier alpha value is -2.64. The molecule has 0 unspecified atom stereocenters. The number of amides is 1. The van der Waals surface area contributed by atoms with Crippen molar-refractivity contribution in [3.8, 4) is 6.07 Å². The summed E-state index contributed by atoms with van der Waals surface area (Å²) in [6.07, 6.45) is 11.5. The molecule has 1 aromatic rings. The molecule has 2 aliphatic rings. The third-order valence-electron chi connectivity index (χ3n) is 7.88. The Balaban J connectivity index is 1.97. The van der Waals surface area contributed by atoms with Gasteiger partial charge in [-0.1, -0.05) is 76.4 Å². The van der Waals surface area contributed by atoms with E-state index in [1.165, 1.54) is 31.0 Å². The summed E-state index contributed by atoms with van der Waals surface area (Å²) in [5.74, 6) is 0.233. The number of aromatic nitrogens is 1. The van der Waals surface area contributed by atoms with Gasteiger partial charge in [-0.15, -0.1) is 0 Å². The van der Waals surface area contributed by atoms with Gasteiger partial charge in [0.2, 0.25) is 0 Å². The Morgan fingerprint density at radius 2 is 1.71 bits per heavy atom. The molecule has 0 saturated carbocycles. The number of nitrogens with zero attached hydrogens (tertiary/aromatic N) is 4. The van der Waals surface area contributed by atoms with Crippen molar-refractivity contribution in [1.82, 2.24) is 9.47 Å². The number of ether oxygens (including phenoxy) is 1. The van der Waals surface area contributed by atoms with Crippen LogP contribution >= 0.6 is 24.0 Å². The van der Waals surface area contributed by atoms with Crippen LogP contribution in [-0.2, 0) is 20.9 Å². The van der Waals surface area contributed by atoms with Gasteiger partial charge >= 0.3 is 5.97 Å². The Labute approximate surface area is 254 Å². The highest BCUT2D eigenvalue weighted by molar-refractivity contribution is 8.26. The number of nitriles is 1. The van der Waals surface area contributed by atoms with Crippen molar-refractivity contribution in [2.24, 2.45) is 5.92 Å². The van der Waals surface area contributed by atoms with Gasteiger partial charge in [0.25, 0.3) is 11.5 Å². The van der Waals surface area contributed by atoms with E-state index in [-0.39, 0.29) is 28.9 Å². The lowest BCUT2D eigenvalue weighted by atomic mass is 9.95. The van der Waals surface area contributed by atoms with Crippen LogP contribution in [0.2, 0.25) is 0 Å². The summed E-state index contributed by atoms with van der Waals surface area (Å²) in [5.41, 5.74) is 1.05. The van der Waals surface area contributed by atoms with Crippen LogP contribution in [0.5, 0.6) is 0 Å². The largest absolute Gasteiger partial charge is 0.466 e. The van der Waals surface area contributed by atoms with Gasteiger partial charge in [0, 0.05) is 31.7 Å². The fraction of sp³-hybridized carbons (Fsp3) is 0.645. The van der Waals surface area contributed by atoms with E-state index in [0.717, 1.165) is 32.1 Å². The Morgan fingerprint density at radius 3 is 2.34 bits per heavy atom. The van der Waals surface area contributed by atoms with Gasteiger partial charge in [0.1, 0.15) is 21.8 Å². The number of hydrogen-bond donors (Lipinski definition) is 0. The minimum absolute atomic E-state index is 0.0973. The van der Waals surface area contributed by atoms with Gasteiger partial charge in [0.15, 0.2) is 0 Å². The Kier molecular flexibility index (Phi) is 12.9. The number of piperidine rings is 1. The van der Waals surface area contributed by atoms with Gasteiger partial charge in [0.05, 0.1) is 17.4 Å². The summed E-state index contributed by atoms with van der Waals surface area (Å²) in [7, 11) is 0. The number of pyridine rings is 1. The molecular weight excluding hydrogens is 556 g/mol. The van der Waals surface area contributed by atoms with Crippen LogP contribution in [0.15, 0.2) is 9.70 Å². The molecule has 3 rings (SSSR count). The molecule has 0 aromatic carbocycles. The molecule has 224 valence electrons. The smallest absolute Gasteiger partial charge is 0.309 e. The first-order chi connectivity index (χ1) is 19.8. The highest BCUT2D eigenvalue weighted by Gasteiger charge is 2.34. The average Bonchev–Trinajstić information content (AvgIpc) is 3.23. The zero-order valence-corrected chi connectivity index (χ0v) is 26.6. The zero-order valence-electron chi connectivity index (χ0n) is 25.0. The second-order valence-corrected chi connectivity index (χ2v) is 12.4. The van der Waals surface area contributed by atoms with Gasteiger partial charge < -0.3 is 9.64 Å². The van der Waals surface area contributed by atoms with E-state index in [1.54, 1.807) is 16.4 Å². The fourth-order valence-corrected chi connectivity index (χ4v) is 6.76. The van der Waals surface area contributed by atoms with Crippen LogP contribution in [0.25, 0.3) is 6.08 Å². The summed E-state index contributed by atoms with van der Waals surface area (Å²) >= 11 is 6.88. The molecule has 0 radical (unpaired) electrons. The highest BCUT2D eigenvalue weighted by atomic mass is 32.2. The zero-order chi connectivity index (χ0) is 29.9. The third-order valence-corrected chi connectivity index (χ3v) is 9.26. The second kappa shape index (κ2) is 16.1. The Morgan fingerprint density at radius 1 is 1.05 bits per heavy atom. The van der Waals surface area contributed by atoms with E-state index in [9.17, 15) is 19.6 Å². The van der Waals surface area contributed by atoms with Crippen LogP contribution in [0, 0.1) is 24.2 Å². The number of thioether (sulfide) groups is 1. The van der Waals surface area contributed by atoms with Crippen molar-refractivity contribution < 1.29 is 14.3 Å². The van der Waals surface area contributed by atoms with E-state index in [2.05, 4.69) is 24.8 Å². The van der Waals surface area contributed by atoms with Gasteiger partial charge in [-0.25, -0.2) is 0 Å². The fourth-order valence-electron chi connectivity index (χ4n) is 5.47. The summed E-state index contributed by atoms with van der Waals surface area (Å²) in [6, 6.07) is 2.12. The number of esters is 1. The van der Waals surface area contributed by atoms with Crippen molar-refractivity contribution in [3.63, 3.8) is 0 Å². The number of carbonyl (C=O) groups is 2. The first kappa shape index (κ1) is 32.9. The average molecular weight is 601 g/mol. The number of carbonyl (C=O) groups excluding carboxylic acids is 2. The highest BCUT2D eigenvalue weighted by Crippen LogP contribution is 2.37. The molecule has 0 aliphatic carbocycles. The summed E-state index contributed by atoms with van der Waals surface area (Å²) in [6.45, 7) is 10.4. The van der Waals surface area contributed by atoms with E-state index in [4.69, 9.17) is 17.0 Å². The maximum absolute atomic E-state index is 13.5. The lowest BCUT2D eigenvalue weighted by Gasteiger charge is -2.35. The molecule has 0 N–H and O–H groups in total. The molecule has 41 heavy (non-hydrogen) atoms. The van der Waals surface area contributed by atoms with Gasteiger partial charge in [-0.05, 0) is 51.2 Å². The molecule has 1 amide bonds. The lowest BCUT2D eigenvalue weighted by Crippen LogP contribution is -2.41. The quantitative estimate of drug-likeness (QED) is 0.108. The first-order valence-electron chi connectivity index (χ1n) is 15.1. The third kappa shape index (κ3) is 8.01. The van der Waals surface area contributed by atoms with E-state index >= 15 is 0 Å². The maximum Gasteiger partial charge on any atom is 0.309 e. The SMILES string of the molecule is CCCCCCCCN1C(=O)/C(=C/c2c(C)c(C#N)c(=O)n(CCCC)c2N2CCC(C(=O)OCC)CC2)SC1=S. The van der Waals surface area contributed by atoms with Crippen LogP contribution in [0.3, 0.4) is 0 Å². The first-order valence-corrected chi connectivity index (χ1v) is 16.4. The van der Waals surface area contributed by atoms with Crippen molar-refractivity contribution in [1.29, 1.82) is 5.26 Å². The van der Waals surface area contributed by atoms with Crippen molar-refractivity contribution in [2.75, 3.05) is 31.1 Å². The normalized spacial score (nSPS) is 17.0. The molecule has 0 bridgehead atoms. The minimum atomic E-state index is -0.311. The number of anilines is 1. The number of rotatable bonds is 14. The topological polar surface area (TPSA) is 95.6 Å². The van der Waals surface area contributed by atoms with Crippen LogP contribution < -0.4 is 10.5 Å². The predicted molar refractivity (Wildman–Crippen MR) is 170 cm³/mol. The monoisotopic (exact) mass is 600 g/mol. The summed E-state index contributed by atoms with van der Waals surface area (Å²) < 4.78 is 7.49. The molecular formula is C31H44N4O4S2. The molecule has 1 aromatic heterocycles.